The molecule has 3 heterocycles. The summed E-state index contributed by atoms with van der Waals surface area (Å²) in [6, 6.07) is 6.69. The molecule has 0 radical (unpaired) electrons. The minimum Gasteiger partial charge on any atom is -0.396 e. The maximum Gasteiger partial charge on any atom is 0.220 e. The zero-order chi connectivity index (χ0) is 18.1. The molecule has 0 spiro atoms. The maximum atomic E-state index is 14.7. The fourth-order valence-electron chi connectivity index (χ4n) is 3.04. The Hall–Kier alpha value is -2.58. The molecule has 0 saturated carbocycles. The standard InChI is InChI=1S/C18H18FN5OS/c19-14-11(2-1-3-12(14)20)15-16(13-4-7-22-18(21)23-13)26-17(24-15)10-5-8-25-9-6-10/h1-4,7,10H,5-6,8-9,20H2,(H2,21,22,23). The number of aromatic nitrogens is 3. The molecule has 1 aromatic carbocycles. The normalized spacial score (nSPS) is 15.3. The number of nitrogen functional groups attached to an aromatic ring is 2. The molecule has 0 aliphatic carbocycles. The van der Waals surface area contributed by atoms with Crippen LogP contribution in [-0.2, 0) is 4.74 Å². The first kappa shape index (κ1) is 16.9. The monoisotopic (exact) mass is 371 g/mol. The number of hydrogen-bond acceptors (Lipinski definition) is 7. The third-order valence-electron chi connectivity index (χ3n) is 4.40. The molecule has 1 saturated heterocycles. The number of benzene rings is 1. The van der Waals surface area contributed by atoms with Crippen molar-refractivity contribution in [3.05, 3.63) is 41.3 Å². The van der Waals surface area contributed by atoms with E-state index in [1.165, 1.54) is 17.4 Å². The summed E-state index contributed by atoms with van der Waals surface area (Å²) in [7, 11) is 0. The lowest BCUT2D eigenvalue weighted by atomic mass is 10.0. The van der Waals surface area contributed by atoms with Crippen LogP contribution in [0.1, 0.15) is 23.8 Å². The first-order chi connectivity index (χ1) is 12.6. The van der Waals surface area contributed by atoms with E-state index in [9.17, 15) is 4.39 Å². The summed E-state index contributed by atoms with van der Waals surface area (Å²) < 4.78 is 20.1. The van der Waals surface area contributed by atoms with E-state index in [-0.39, 0.29) is 11.6 Å². The Morgan fingerprint density at radius 1 is 1.12 bits per heavy atom. The van der Waals surface area contributed by atoms with Crippen LogP contribution >= 0.6 is 11.3 Å². The predicted octanol–water partition coefficient (Wildman–Crippen LogP) is 3.46. The second-order valence-corrected chi connectivity index (χ2v) is 7.16. The molecule has 0 atom stereocenters. The second-order valence-electron chi connectivity index (χ2n) is 6.13. The highest BCUT2D eigenvalue weighted by atomic mass is 32.1. The van der Waals surface area contributed by atoms with Gasteiger partial charge in [0.25, 0.3) is 0 Å². The van der Waals surface area contributed by atoms with Crippen molar-refractivity contribution in [3.8, 4) is 21.8 Å². The molecule has 26 heavy (non-hydrogen) atoms. The van der Waals surface area contributed by atoms with Gasteiger partial charge < -0.3 is 16.2 Å². The van der Waals surface area contributed by atoms with E-state index in [0.29, 0.717) is 36.1 Å². The number of nitrogens with two attached hydrogens (primary N) is 2. The Kier molecular flexibility index (Phi) is 4.52. The van der Waals surface area contributed by atoms with Crippen molar-refractivity contribution >= 4 is 23.0 Å². The van der Waals surface area contributed by atoms with Gasteiger partial charge >= 0.3 is 0 Å². The highest BCUT2D eigenvalue weighted by Crippen LogP contribution is 2.42. The molecule has 1 fully saturated rings. The van der Waals surface area contributed by atoms with Crippen molar-refractivity contribution in [2.75, 3.05) is 24.7 Å². The van der Waals surface area contributed by atoms with E-state index in [1.54, 1.807) is 24.4 Å². The van der Waals surface area contributed by atoms with Crippen LogP contribution in [-0.4, -0.2) is 28.2 Å². The number of ether oxygens (including phenoxy) is 1. The van der Waals surface area contributed by atoms with Crippen molar-refractivity contribution in [3.63, 3.8) is 0 Å². The van der Waals surface area contributed by atoms with E-state index < -0.39 is 5.82 Å². The predicted molar refractivity (Wildman–Crippen MR) is 100 cm³/mol. The molecule has 1 aliphatic heterocycles. The summed E-state index contributed by atoms with van der Waals surface area (Å²) in [4.78, 5) is 13.8. The molecule has 4 rings (SSSR count). The first-order valence-electron chi connectivity index (χ1n) is 8.35. The van der Waals surface area contributed by atoms with E-state index in [1.807, 2.05) is 0 Å². The van der Waals surface area contributed by atoms with Crippen LogP contribution in [0.25, 0.3) is 21.8 Å². The summed E-state index contributed by atoms with van der Waals surface area (Å²) in [5, 5.41) is 0.956. The largest absolute Gasteiger partial charge is 0.396 e. The van der Waals surface area contributed by atoms with Crippen LogP contribution < -0.4 is 11.5 Å². The number of nitrogens with zero attached hydrogens (tertiary/aromatic N) is 3. The molecule has 8 heteroatoms. The molecule has 6 nitrogen and oxygen atoms in total. The smallest absolute Gasteiger partial charge is 0.220 e. The molecular weight excluding hydrogens is 353 g/mol. The number of anilines is 2. The average molecular weight is 371 g/mol. The van der Waals surface area contributed by atoms with Crippen LogP contribution in [0, 0.1) is 5.82 Å². The van der Waals surface area contributed by atoms with Crippen molar-refractivity contribution < 1.29 is 9.13 Å². The highest BCUT2D eigenvalue weighted by molar-refractivity contribution is 7.15. The number of thiazole rings is 1. The fraction of sp³-hybridized carbons (Fsp3) is 0.278. The van der Waals surface area contributed by atoms with Gasteiger partial charge in [-0.25, -0.2) is 19.3 Å². The van der Waals surface area contributed by atoms with Crippen LogP contribution in [0.3, 0.4) is 0 Å². The van der Waals surface area contributed by atoms with Gasteiger partial charge in [0.1, 0.15) is 0 Å². The van der Waals surface area contributed by atoms with Gasteiger partial charge in [-0.1, -0.05) is 6.07 Å². The molecule has 0 unspecified atom stereocenters. The third-order valence-corrected chi connectivity index (χ3v) is 5.65. The lowest BCUT2D eigenvalue weighted by molar-refractivity contribution is 0.0853. The summed E-state index contributed by atoms with van der Waals surface area (Å²) >= 11 is 1.52. The minimum absolute atomic E-state index is 0.0938. The Morgan fingerprint density at radius 2 is 1.92 bits per heavy atom. The summed E-state index contributed by atoms with van der Waals surface area (Å²) in [5.74, 6) is -0.00771. The summed E-state index contributed by atoms with van der Waals surface area (Å²) in [5.41, 5.74) is 13.1. The van der Waals surface area contributed by atoms with Crippen molar-refractivity contribution in [1.82, 2.24) is 15.0 Å². The first-order valence-corrected chi connectivity index (χ1v) is 9.17. The van der Waals surface area contributed by atoms with Gasteiger partial charge in [-0.3, -0.25) is 0 Å². The van der Waals surface area contributed by atoms with Gasteiger partial charge in [-0.05, 0) is 31.0 Å². The number of halogens is 1. The topological polar surface area (TPSA) is 99.9 Å². The van der Waals surface area contributed by atoms with Crippen molar-refractivity contribution in [2.24, 2.45) is 0 Å². The maximum absolute atomic E-state index is 14.7. The number of hydrogen-bond donors (Lipinski definition) is 2. The summed E-state index contributed by atoms with van der Waals surface area (Å²) in [6.45, 7) is 1.42. The van der Waals surface area contributed by atoms with Gasteiger partial charge in [0.15, 0.2) is 5.82 Å². The van der Waals surface area contributed by atoms with Crippen molar-refractivity contribution in [2.45, 2.75) is 18.8 Å². The van der Waals surface area contributed by atoms with Crippen molar-refractivity contribution in [1.29, 1.82) is 0 Å². The van der Waals surface area contributed by atoms with E-state index in [0.717, 1.165) is 22.7 Å². The van der Waals surface area contributed by atoms with Crippen LogP contribution in [0.15, 0.2) is 30.5 Å². The van der Waals surface area contributed by atoms with Gasteiger partial charge in [0.2, 0.25) is 5.95 Å². The Labute approximate surface area is 154 Å². The Balaban J connectivity index is 1.87. The van der Waals surface area contributed by atoms with E-state index in [4.69, 9.17) is 21.2 Å². The van der Waals surface area contributed by atoms with Gasteiger partial charge in [0.05, 0.1) is 27.0 Å². The minimum atomic E-state index is -0.473. The SMILES string of the molecule is Nc1nccc(-c2sc(C3CCOCC3)nc2-c2cccc(N)c2F)n1. The van der Waals surface area contributed by atoms with Gasteiger partial charge in [-0.15, -0.1) is 11.3 Å². The van der Waals surface area contributed by atoms with Crippen LogP contribution in [0.5, 0.6) is 0 Å². The van der Waals surface area contributed by atoms with Gasteiger partial charge in [0, 0.05) is 30.9 Å². The average Bonchev–Trinajstić information content (AvgIpc) is 3.10. The van der Waals surface area contributed by atoms with Crippen LogP contribution in [0.4, 0.5) is 16.0 Å². The lowest BCUT2D eigenvalue weighted by Crippen LogP contribution is -2.13. The van der Waals surface area contributed by atoms with Gasteiger partial charge in [-0.2, -0.15) is 0 Å². The van der Waals surface area contributed by atoms with Crippen LogP contribution in [0.2, 0.25) is 0 Å². The third kappa shape index (κ3) is 3.13. The molecule has 134 valence electrons. The molecule has 2 aromatic heterocycles. The second kappa shape index (κ2) is 6.97. The fourth-order valence-corrected chi connectivity index (χ4v) is 4.26. The van der Waals surface area contributed by atoms with E-state index in [2.05, 4.69) is 9.97 Å². The zero-order valence-electron chi connectivity index (χ0n) is 14.0. The molecule has 0 bridgehead atoms. The molecular formula is C18H18FN5OS. The highest BCUT2D eigenvalue weighted by Gasteiger charge is 2.25. The number of rotatable bonds is 3. The molecule has 0 amide bonds. The lowest BCUT2D eigenvalue weighted by Gasteiger charge is -2.19. The van der Waals surface area contributed by atoms with E-state index >= 15 is 0 Å². The Morgan fingerprint density at radius 3 is 2.69 bits per heavy atom. The summed E-state index contributed by atoms with van der Waals surface area (Å²) in [6.07, 6.45) is 3.39. The molecule has 4 N–H and O–H groups in total. The quantitative estimate of drug-likeness (QED) is 0.684. The zero-order valence-corrected chi connectivity index (χ0v) is 14.8. The Bertz CT molecular complexity index is 939. The molecule has 1 aliphatic rings. The molecule has 3 aromatic rings.